The average Bonchev–Trinajstić information content (AvgIpc) is 2.64. The molecule has 2 heterocycles. The molecule has 0 aliphatic carbocycles. The zero-order valence-corrected chi connectivity index (χ0v) is 8.01. The summed E-state index contributed by atoms with van der Waals surface area (Å²) in [5.41, 5.74) is 1.77. The molecule has 62 valence electrons. The Bertz CT molecular complexity index is 378. The molecule has 2 aromatic heterocycles. The molecule has 0 atom stereocenters. The van der Waals surface area contributed by atoms with Crippen molar-refractivity contribution in [3.63, 3.8) is 0 Å². The van der Waals surface area contributed by atoms with Gasteiger partial charge in [-0.3, -0.25) is 4.98 Å². The number of aromatic nitrogens is 4. The molecular weight excluding hydrogens is 192 g/mol. The summed E-state index contributed by atoms with van der Waals surface area (Å²) in [7, 11) is 1.87. The van der Waals surface area contributed by atoms with Gasteiger partial charge in [-0.2, -0.15) is 0 Å². The van der Waals surface area contributed by atoms with E-state index in [-0.39, 0.29) is 0 Å². The van der Waals surface area contributed by atoms with Crippen LogP contribution in [0.5, 0.6) is 0 Å². The molecule has 0 aliphatic rings. The Morgan fingerprint density at radius 2 is 2.33 bits per heavy atom. The summed E-state index contributed by atoms with van der Waals surface area (Å²) in [4.78, 5) is 4.97. The molecule has 0 saturated carbocycles. The standard InChI is InChI=1S/C6H6N4S2/c1-10-5(8-9-6(10)11)4-2-7-3-12-4/h2-3H,1H3,(H,9,11). The molecule has 0 saturated heterocycles. The first-order valence-corrected chi connectivity index (χ1v) is 4.59. The second-order valence-electron chi connectivity index (χ2n) is 2.25. The maximum Gasteiger partial charge on any atom is 0.188 e. The van der Waals surface area contributed by atoms with Gasteiger partial charge in [-0.25, -0.2) is 0 Å². The fourth-order valence-electron chi connectivity index (χ4n) is 0.862. The van der Waals surface area contributed by atoms with Crippen LogP contribution in [0.15, 0.2) is 16.9 Å². The van der Waals surface area contributed by atoms with E-state index in [0.29, 0.717) is 5.16 Å². The van der Waals surface area contributed by atoms with E-state index in [1.54, 1.807) is 11.7 Å². The predicted molar refractivity (Wildman–Crippen MR) is 49.4 cm³/mol. The Hall–Kier alpha value is -0.880. The zero-order valence-electron chi connectivity index (χ0n) is 6.30. The van der Waals surface area contributed by atoms with Gasteiger partial charge in [0.1, 0.15) is 0 Å². The van der Waals surface area contributed by atoms with Crippen molar-refractivity contribution in [2.24, 2.45) is 7.05 Å². The molecular formula is C6H6N4S2. The molecule has 0 radical (unpaired) electrons. The Morgan fingerprint density at radius 3 is 2.83 bits per heavy atom. The summed E-state index contributed by atoms with van der Waals surface area (Å²) in [5, 5.41) is 8.40. The lowest BCUT2D eigenvalue weighted by Crippen LogP contribution is -1.90. The Kier molecular flexibility index (Phi) is 1.86. The third-order valence-corrected chi connectivity index (χ3v) is 2.66. The summed E-state index contributed by atoms with van der Waals surface area (Å²) < 4.78 is 1.82. The average molecular weight is 198 g/mol. The van der Waals surface area contributed by atoms with Crippen LogP contribution in [0.1, 0.15) is 0 Å². The minimum Gasteiger partial charge on any atom is -0.305 e. The Morgan fingerprint density at radius 1 is 1.50 bits per heavy atom. The van der Waals surface area contributed by atoms with Crippen LogP contribution in [0.2, 0.25) is 0 Å². The van der Waals surface area contributed by atoms with Crippen LogP contribution in [-0.2, 0) is 7.05 Å². The molecule has 0 bridgehead atoms. The zero-order chi connectivity index (χ0) is 8.55. The van der Waals surface area contributed by atoms with Crippen molar-refractivity contribution in [1.82, 2.24) is 19.7 Å². The number of hydrogen-bond acceptors (Lipinski definition) is 5. The van der Waals surface area contributed by atoms with Gasteiger partial charge in [0.25, 0.3) is 0 Å². The topological polar surface area (TPSA) is 43.6 Å². The van der Waals surface area contributed by atoms with E-state index in [0.717, 1.165) is 10.7 Å². The molecule has 0 unspecified atom stereocenters. The third kappa shape index (κ3) is 1.12. The lowest BCUT2D eigenvalue weighted by atomic mass is 10.5. The number of rotatable bonds is 1. The van der Waals surface area contributed by atoms with E-state index >= 15 is 0 Å². The highest BCUT2D eigenvalue weighted by atomic mass is 32.1. The molecule has 0 amide bonds. The fraction of sp³-hybridized carbons (Fsp3) is 0.167. The predicted octanol–water partition coefficient (Wildman–Crippen LogP) is 1.23. The molecule has 6 heteroatoms. The first-order valence-electron chi connectivity index (χ1n) is 3.26. The van der Waals surface area contributed by atoms with E-state index in [4.69, 9.17) is 0 Å². The maximum atomic E-state index is 4.12. The van der Waals surface area contributed by atoms with Crippen molar-refractivity contribution < 1.29 is 0 Å². The summed E-state index contributed by atoms with van der Waals surface area (Å²) in [6, 6.07) is 0. The molecule has 2 rings (SSSR count). The van der Waals surface area contributed by atoms with Gasteiger partial charge in [0.05, 0.1) is 10.4 Å². The van der Waals surface area contributed by atoms with Gasteiger partial charge in [-0.05, 0) is 0 Å². The summed E-state index contributed by atoms with van der Waals surface area (Å²) in [5.74, 6) is 0.808. The molecule has 0 fully saturated rings. The summed E-state index contributed by atoms with van der Waals surface area (Å²) in [6.45, 7) is 0. The molecule has 12 heavy (non-hydrogen) atoms. The van der Waals surface area contributed by atoms with Crippen LogP contribution in [0.3, 0.4) is 0 Å². The smallest absolute Gasteiger partial charge is 0.188 e. The molecule has 0 aliphatic heterocycles. The maximum absolute atomic E-state index is 4.12. The molecule has 0 N–H and O–H groups in total. The van der Waals surface area contributed by atoms with Crippen LogP contribution in [0.4, 0.5) is 0 Å². The SMILES string of the molecule is Cn1c(S)nnc1-c1cncs1. The van der Waals surface area contributed by atoms with Gasteiger partial charge in [-0.15, -0.1) is 34.2 Å². The number of thiol groups is 1. The van der Waals surface area contributed by atoms with Crippen molar-refractivity contribution in [2.45, 2.75) is 5.16 Å². The van der Waals surface area contributed by atoms with Crippen LogP contribution < -0.4 is 0 Å². The Labute approximate surface area is 78.7 Å². The van der Waals surface area contributed by atoms with Gasteiger partial charge >= 0.3 is 0 Å². The summed E-state index contributed by atoms with van der Waals surface area (Å²) >= 11 is 5.66. The minimum atomic E-state index is 0.610. The van der Waals surface area contributed by atoms with Crippen molar-refractivity contribution in [3.8, 4) is 10.7 Å². The lowest BCUT2D eigenvalue weighted by Gasteiger charge is -1.95. The van der Waals surface area contributed by atoms with E-state index in [2.05, 4.69) is 27.8 Å². The fourth-order valence-corrected chi connectivity index (χ4v) is 1.64. The van der Waals surface area contributed by atoms with Crippen LogP contribution in [0.25, 0.3) is 10.7 Å². The molecule has 0 aromatic carbocycles. The van der Waals surface area contributed by atoms with Crippen LogP contribution in [0, 0.1) is 0 Å². The first kappa shape index (κ1) is 7.75. The van der Waals surface area contributed by atoms with Gasteiger partial charge < -0.3 is 4.57 Å². The highest BCUT2D eigenvalue weighted by molar-refractivity contribution is 7.80. The van der Waals surface area contributed by atoms with E-state index in [1.165, 1.54) is 11.3 Å². The highest BCUT2D eigenvalue weighted by Crippen LogP contribution is 2.21. The quantitative estimate of drug-likeness (QED) is 0.701. The number of hydrogen-bond donors (Lipinski definition) is 1. The van der Waals surface area contributed by atoms with Gasteiger partial charge in [0.15, 0.2) is 11.0 Å². The highest BCUT2D eigenvalue weighted by Gasteiger charge is 2.08. The second kappa shape index (κ2) is 2.87. The number of thiazole rings is 1. The molecule has 0 spiro atoms. The van der Waals surface area contributed by atoms with Gasteiger partial charge in [0.2, 0.25) is 0 Å². The van der Waals surface area contributed by atoms with Crippen LogP contribution >= 0.6 is 24.0 Å². The van der Waals surface area contributed by atoms with E-state index in [9.17, 15) is 0 Å². The van der Waals surface area contributed by atoms with Crippen molar-refractivity contribution in [2.75, 3.05) is 0 Å². The molecule has 2 aromatic rings. The summed E-state index contributed by atoms with van der Waals surface area (Å²) in [6.07, 6.45) is 1.77. The van der Waals surface area contributed by atoms with Gasteiger partial charge in [0, 0.05) is 13.2 Å². The van der Waals surface area contributed by atoms with Crippen molar-refractivity contribution >= 4 is 24.0 Å². The minimum absolute atomic E-state index is 0.610. The second-order valence-corrected chi connectivity index (χ2v) is 3.53. The normalized spacial score (nSPS) is 10.5. The molecule has 4 nitrogen and oxygen atoms in total. The van der Waals surface area contributed by atoms with Crippen molar-refractivity contribution in [1.29, 1.82) is 0 Å². The largest absolute Gasteiger partial charge is 0.305 e. The monoisotopic (exact) mass is 198 g/mol. The Balaban J connectivity index is 2.55. The van der Waals surface area contributed by atoms with Crippen molar-refractivity contribution in [3.05, 3.63) is 11.7 Å². The third-order valence-electron chi connectivity index (χ3n) is 1.50. The van der Waals surface area contributed by atoms with Gasteiger partial charge in [-0.1, -0.05) is 0 Å². The lowest BCUT2D eigenvalue weighted by molar-refractivity contribution is 0.799. The first-order chi connectivity index (χ1) is 5.79. The number of nitrogens with zero attached hydrogens (tertiary/aromatic N) is 4. The van der Waals surface area contributed by atoms with Crippen LogP contribution in [-0.4, -0.2) is 19.7 Å². The van der Waals surface area contributed by atoms with E-state index in [1.807, 2.05) is 11.6 Å². The van der Waals surface area contributed by atoms with E-state index < -0.39 is 0 Å².